The van der Waals surface area contributed by atoms with Crippen LogP contribution in [0.3, 0.4) is 0 Å². The molecule has 0 heterocycles. The van der Waals surface area contributed by atoms with Crippen molar-refractivity contribution in [3.8, 4) is 0 Å². The molecule has 0 radical (unpaired) electrons. The van der Waals surface area contributed by atoms with Crippen LogP contribution in [0.1, 0.15) is 10.4 Å². The second kappa shape index (κ2) is 5.29. The first kappa shape index (κ1) is 13.4. The molecule has 1 rings (SSSR count). The average Bonchev–Trinajstić information content (AvgIpc) is 2.01. The largest absolute Gasteiger partial charge is 0.478 e. The quantitative estimate of drug-likeness (QED) is 0.406. The van der Waals surface area contributed by atoms with Crippen molar-refractivity contribution in [1.82, 2.24) is 0 Å². The van der Waals surface area contributed by atoms with E-state index in [9.17, 15) is 4.79 Å². The Morgan fingerprint density at radius 3 is 1.73 bits per heavy atom. The Kier molecular flexibility index (Phi) is 4.71. The lowest BCUT2D eigenvalue weighted by molar-refractivity contribution is 0.0697. The first-order chi connectivity index (χ1) is 6.70. The van der Waals surface area contributed by atoms with Gasteiger partial charge in [-0.2, -0.15) is 8.42 Å². The molecule has 1 aromatic rings. The SMILES string of the molecule is Nc1ccc(C(=O)O)cc1.O=S(=O)(O)O. The van der Waals surface area contributed by atoms with Gasteiger partial charge in [0.15, 0.2) is 0 Å². The summed E-state index contributed by atoms with van der Waals surface area (Å²) < 4.78 is 31.6. The van der Waals surface area contributed by atoms with Crippen LogP contribution in [0.25, 0.3) is 0 Å². The summed E-state index contributed by atoms with van der Waals surface area (Å²) in [5.41, 5.74) is 6.17. The van der Waals surface area contributed by atoms with Crippen LogP contribution in [0.2, 0.25) is 0 Å². The molecule has 1 aromatic carbocycles. The highest BCUT2D eigenvalue weighted by molar-refractivity contribution is 7.79. The Balaban J connectivity index is 0.000000336. The van der Waals surface area contributed by atoms with E-state index in [0.717, 1.165) is 0 Å². The molecular formula is C7H9NO6S. The first-order valence-electron chi connectivity index (χ1n) is 3.49. The molecule has 0 amide bonds. The van der Waals surface area contributed by atoms with Crippen molar-refractivity contribution in [2.75, 3.05) is 5.73 Å². The summed E-state index contributed by atoms with van der Waals surface area (Å²) >= 11 is 0. The van der Waals surface area contributed by atoms with E-state index >= 15 is 0 Å². The predicted molar refractivity (Wildman–Crippen MR) is 52.0 cm³/mol. The minimum absolute atomic E-state index is 0.259. The highest BCUT2D eigenvalue weighted by Gasteiger charge is 1.98. The summed E-state index contributed by atoms with van der Waals surface area (Å²) in [6, 6.07) is 6.06. The van der Waals surface area contributed by atoms with Gasteiger partial charge in [-0.05, 0) is 24.3 Å². The molecule has 8 heteroatoms. The van der Waals surface area contributed by atoms with Gasteiger partial charge in [-0.3, -0.25) is 9.11 Å². The Morgan fingerprint density at radius 1 is 1.13 bits per heavy atom. The second-order valence-electron chi connectivity index (χ2n) is 2.37. The standard InChI is InChI=1S/C7H7NO2.H2O4S/c8-6-3-1-5(2-4-6)7(9)10;1-5(2,3)4/h1-4H,8H2,(H,9,10);(H2,1,2,3,4). The number of nitrogens with two attached hydrogens (primary N) is 1. The van der Waals surface area contributed by atoms with Crippen molar-refractivity contribution in [2.45, 2.75) is 0 Å². The molecule has 0 aliphatic rings. The van der Waals surface area contributed by atoms with Gasteiger partial charge in [-0.1, -0.05) is 0 Å². The Hall–Kier alpha value is -1.64. The van der Waals surface area contributed by atoms with E-state index < -0.39 is 16.4 Å². The number of carboxylic acid groups (broad SMARTS) is 1. The maximum Gasteiger partial charge on any atom is 0.394 e. The lowest BCUT2D eigenvalue weighted by Crippen LogP contribution is -1.95. The van der Waals surface area contributed by atoms with Crippen molar-refractivity contribution in [3.63, 3.8) is 0 Å². The molecule has 0 fully saturated rings. The molecule has 0 saturated heterocycles. The lowest BCUT2D eigenvalue weighted by atomic mass is 10.2. The van der Waals surface area contributed by atoms with E-state index in [0.29, 0.717) is 5.69 Å². The second-order valence-corrected chi connectivity index (χ2v) is 3.27. The highest BCUT2D eigenvalue weighted by Crippen LogP contribution is 2.04. The third kappa shape index (κ3) is 8.68. The van der Waals surface area contributed by atoms with Gasteiger partial charge in [0.25, 0.3) is 0 Å². The molecule has 84 valence electrons. The summed E-state index contributed by atoms with van der Waals surface area (Å²) in [4.78, 5) is 10.3. The van der Waals surface area contributed by atoms with Gasteiger partial charge in [0.2, 0.25) is 0 Å². The summed E-state index contributed by atoms with van der Waals surface area (Å²) in [6.45, 7) is 0. The molecule has 7 nitrogen and oxygen atoms in total. The third-order valence-corrected chi connectivity index (χ3v) is 1.16. The third-order valence-electron chi connectivity index (χ3n) is 1.16. The van der Waals surface area contributed by atoms with Gasteiger partial charge < -0.3 is 10.8 Å². The van der Waals surface area contributed by atoms with Crippen molar-refractivity contribution < 1.29 is 27.4 Å². The lowest BCUT2D eigenvalue weighted by Gasteiger charge is -1.93. The number of benzene rings is 1. The Morgan fingerprint density at radius 2 is 1.47 bits per heavy atom. The molecule has 0 bridgehead atoms. The van der Waals surface area contributed by atoms with E-state index in [1.165, 1.54) is 12.1 Å². The number of carbonyl (C=O) groups is 1. The Bertz CT molecular complexity index is 415. The number of anilines is 1. The van der Waals surface area contributed by atoms with Crippen molar-refractivity contribution in [3.05, 3.63) is 29.8 Å². The van der Waals surface area contributed by atoms with E-state index in [2.05, 4.69) is 0 Å². The minimum Gasteiger partial charge on any atom is -0.478 e. The van der Waals surface area contributed by atoms with Gasteiger partial charge in [-0.25, -0.2) is 4.79 Å². The fourth-order valence-corrected chi connectivity index (χ4v) is 0.626. The molecule has 5 N–H and O–H groups in total. The van der Waals surface area contributed by atoms with E-state index in [4.69, 9.17) is 28.4 Å². The molecule has 15 heavy (non-hydrogen) atoms. The van der Waals surface area contributed by atoms with Crippen LogP contribution in [0.5, 0.6) is 0 Å². The van der Waals surface area contributed by atoms with Crippen LogP contribution in [-0.4, -0.2) is 28.6 Å². The van der Waals surface area contributed by atoms with Gasteiger partial charge in [-0.15, -0.1) is 0 Å². The summed E-state index contributed by atoms with van der Waals surface area (Å²) in [7, 11) is -4.67. The van der Waals surface area contributed by atoms with Crippen LogP contribution < -0.4 is 5.73 Å². The molecule has 0 saturated carbocycles. The average molecular weight is 235 g/mol. The van der Waals surface area contributed by atoms with Crippen LogP contribution >= 0.6 is 0 Å². The molecule has 0 aromatic heterocycles. The number of nitrogen functional groups attached to an aromatic ring is 1. The Labute approximate surface area is 85.7 Å². The molecule has 0 aliphatic carbocycles. The zero-order valence-electron chi connectivity index (χ0n) is 7.36. The maximum atomic E-state index is 10.3. The summed E-state index contributed by atoms with van der Waals surface area (Å²) in [6.07, 6.45) is 0. The molecule has 0 spiro atoms. The van der Waals surface area contributed by atoms with E-state index in [-0.39, 0.29) is 5.56 Å². The van der Waals surface area contributed by atoms with Gasteiger partial charge in [0.1, 0.15) is 0 Å². The number of aromatic carboxylic acids is 1. The number of hydrogen-bond donors (Lipinski definition) is 4. The summed E-state index contributed by atoms with van der Waals surface area (Å²) in [5.74, 6) is -0.931. The number of hydrogen-bond acceptors (Lipinski definition) is 4. The van der Waals surface area contributed by atoms with E-state index in [1.54, 1.807) is 12.1 Å². The maximum absolute atomic E-state index is 10.3. The first-order valence-corrected chi connectivity index (χ1v) is 4.88. The monoisotopic (exact) mass is 235 g/mol. The highest BCUT2D eigenvalue weighted by atomic mass is 32.3. The van der Waals surface area contributed by atoms with E-state index in [1.807, 2.05) is 0 Å². The fourth-order valence-electron chi connectivity index (χ4n) is 0.626. The van der Waals surface area contributed by atoms with Crippen molar-refractivity contribution >= 4 is 22.1 Å². The smallest absolute Gasteiger partial charge is 0.394 e. The van der Waals surface area contributed by atoms with Crippen molar-refractivity contribution in [1.29, 1.82) is 0 Å². The summed E-state index contributed by atoms with van der Waals surface area (Å²) in [5, 5.41) is 8.43. The minimum atomic E-state index is -4.67. The fraction of sp³-hybridized carbons (Fsp3) is 0. The van der Waals surface area contributed by atoms with Crippen LogP contribution in [-0.2, 0) is 10.4 Å². The van der Waals surface area contributed by atoms with Crippen LogP contribution in [0, 0.1) is 0 Å². The molecule has 0 aliphatic heterocycles. The molecule has 0 unspecified atom stereocenters. The van der Waals surface area contributed by atoms with Crippen molar-refractivity contribution in [2.24, 2.45) is 0 Å². The van der Waals surface area contributed by atoms with Crippen LogP contribution in [0.4, 0.5) is 5.69 Å². The molecule has 0 atom stereocenters. The predicted octanol–water partition coefficient (Wildman–Crippen LogP) is 0.314. The normalized spacial score (nSPS) is 10.0. The van der Waals surface area contributed by atoms with Crippen LogP contribution in [0.15, 0.2) is 24.3 Å². The topological polar surface area (TPSA) is 138 Å². The zero-order chi connectivity index (χ0) is 12.1. The van der Waals surface area contributed by atoms with Gasteiger partial charge >= 0.3 is 16.4 Å². The number of carboxylic acids is 1. The molecular weight excluding hydrogens is 226 g/mol. The van der Waals surface area contributed by atoms with Gasteiger partial charge in [0, 0.05) is 5.69 Å². The van der Waals surface area contributed by atoms with Gasteiger partial charge in [0.05, 0.1) is 5.56 Å². The zero-order valence-corrected chi connectivity index (χ0v) is 8.18. The number of rotatable bonds is 1.